The van der Waals surface area contributed by atoms with Crippen LogP contribution in [-0.4, -0.2) is 73.6 Å². The van der Waals surface area contributed by atoms with Crippen LogP contribution in [0.5, 0.6) is 5.75 Å². The third-order valence-electron chi connectivity index (χ3n) is 7.55. The van der Waals surface area contributed by atoms with Crippen molar-refractivity contribution in [3.63, 3.8) is 0 Å². The van der Waals surface area contributed by atoms with Gasteiger partial charge in [0.05, 0.1) is 30.2 Å². The van der Waals surface area contributed by atoms with Gasteiger partial charge in [-0.2, -0.15) is 0 Å². The number of nitro groups is 1. The summed E-state index contributed by atoms with van der Waals surface area (Å²) >= 11 is 0. The molecule has 39 heavy (non-hydrogen) atoms. The van der Waals surface area contributed by atoms with Gasteiger partial charge in [-0.15, -0.1) is 0 Å². The molecule has 1 aromatic carbocycles. The van der Waals surface area contributed by atoms with Gasteiger partial charge in [0.15, 0.2) is 0 Å². The van der Waals surface area contributed by atoms with Crippen LogP contribution in [0.4, 0.5) is 15.3 Å². The van der Waals surface area contributed by atoms with Gasteiger partial charge >= 0.3 is 12.2 Å². The van der Waals surface area contributed by atoms with Gasteiger partial charge in [-0.1, -0.05) is 11.6 Å². The van der Waals surface area contributed by atoms with Crippen molar-refractivity contribution in [1.29, 1.82) is 0 Å². The summed E-state index contributed by atoms with van der Waals surface area (Å²) in [6.45, 7) is 7.08. The van der Waals surface area contributed by atoms with E-state index in [1.54, 1.807) is 7.11 Å². The van der Waals surface area contributed by atoms with Crippen molar-refractivity contribution in [2.75, 3.05) is 26.9 Å². The zero-order valence-corrected chi connectivity index (χ0v) is 22.7. The Morgan fingerprint density at radius 1 is 1.26 bits per heavy atom. The molecule has 1 amide bonds. The Hall–Kier alpha value is -3.22. The first-order valence-electron chi connectivity index (χ1n) is 13.1. The molecule has 6 unspecified atom stereocenters. The first kappa shape index (κ1) is 28.8. The number of allylic oxidation sites excluding steroid dienone is 1. The Balaban J connectivity index is 1.20. The molecule has 0 radical (unpaired) electrons. The molecular weight excluding hydrogens is 512 g/mol. The van der Waals surface area contributed by atoms with E-state index in [9.17, 15) is 19.7 Å². The monoisotopic (exact) mass is 548 g/mol. The Bertz CT molecular complexity index is 1080. The number of hydrogen-bond donors (Lipinski definition) is 1. The molecule has 3 aliphatic rings. The molecule has 6 atom stereocenters. The number of carbonyl (C=O) groups excluding carboxylic acids is 2. The fourth-order valence-corrected chi connectivity index (χ4v) is 5.43. The van der Waals surface area contributed by atoms with Crippen LogP contribution in [0.1, 0.15) is 46.5 Å². The number of hydrogen-bond acceptors (Lipinski definition) is 10. The van der Waals surface area contributed by atoms with Crippen LogP contribution in [0.15, 0.2) is 35.9 Å². The number of nitro benzene ring substituents is 1. The minimum Gasteiger partial charge on any atom is -0.443 e. The normalized spacial score (nSPS) is 30.7. The van der Waals surface area contributed by atoms with E-state index in [0.29, 0.717) is 19.4 Å². The van der Waals surface area contributed by atoms with Crippen LogP contribution in [0.2, 0.25) is 0 Å². The maximum Gasteiger partial charge on any atom is 0.513 e. The number of methoxy groups -OCH3 is 1. The van der Waals surface area contributed by atoms with Crippen molar-refractivity contribution in [1.82, 2.24) is 5.32 Å². The fourth-order valence-electron chi connectivity index (χ4n) is 5.43. The zero-order valence-electron chi connectivity index (χ0n) is 22.7. The second kappa shape index (κ2) is 11.9. The van der Waals surface area contributed by atoms with E-state index in [4.69, 9.17) is 28.4 Å². The summed E-state index contributed by atoms with van der Waals surface area (Å²) in [5.41, 5.74) is 0.406. The average molecular weight is 549 g/mol. The summed E-state index contributed by atoms with van der Waals surface area (Å²) in [6.07, 6.45) is 2.42. The number of carbonyl (C=O) groups is 2. The van der Waals surface area contributed by atoms with Crippen molar-refractivity contribution >= 4 is 17.9 Å². The van der Waals surface area contributed by atoms with Crippen LogP contribution in [0.3, 0.4) is 0 Å². The number of benzene rings is 1. The summed E-state index contributed by atoms with van der Waals surface area (Å²) in [5, 5.41) is 13.4. The Morgan fingerprint density at radius 2 is 1.97 bits per heavy atom. The Morgan fingerprint density at radius 3 is 2.59 bits per heavy atom. The number of nitrogens with one attached hydrogen (secondary N) is 1. The van der Waals surface area contributed by atoms with E-state index in [-0.39, 0.29) is 48.3 Å². The number of epoxide rings is 2. The van der Waals surface area contributed by atoms with E-state index < -0.39 is 28.9 Å². The molecule has 1 saturated carbocycles. The van der Waals surface area contributed by atoms with Gasteiger partial charge in [0.25, 0.3) is 5.69 Å². The van der Waals surface area contributed by atoms with E-state index in [1.807, 2.05) is 0 Å². The highest BCUT2D eigenvalue weighted by molar-refractivity contribution is 5.67. The molecule has 4 rings (SSSR count). The van der Waals surface area contributed by atoms with Crippen LogP contribution in [-0.2, 0) is 23.7 Å². The number of non-ortho nitro benzene ring substituents is 1. The molecule has 0 aromatic heterocycles. The topological polar surface area (TPSA) is 151 Å². The molecule has 2 heterocycles. The van der Waals surface area contributed by atoms with Crippen molar-refractivity contribution < 1.29 is 42.9 Å². The Labute approximate surface area is 227 Å². The summed E-state index contributed by atoms with van der Waals surface area (Å²) < 4.78 is 33.7. The van der Waals surface area contributed by atoms with Crippen molar-refractivity contribution in [2.24, 2.45) is 5.92 Å². The van der Waals surface area contributed by atoms with Gasteiger partial charge in [-0.25, -0.2) is 9.59 Å². The second-order valence-electron chi connectivity index (χ2n) is 10.6. The van der Waals surface area contributed by atoms with E-state index >= 15 is 0 Å². The lowest BCUT2D eigenvalue weighted by Crippen LogP contribution is -2.56. The van der Waals surface area contributed by atoms with E-state index in [0.717, 1.165) is 12.8 Å². The highest BCUT2D eigenvalue weighted by atomic mass is 16.7. The van der Waals surface area contributed by atoms with Crippen molar-refractivity contribution in [2.45, 2.75) is 76.0 Å². The smallest absolute Gasteiger partial charge is 0.443 e. The summed E-state index contributed by atoms with van der Waals surface area (Å²) in [7, 11) is 1.62. The molecule has 1 aromatic rings. The highest BCUT2D eigenvalue weighted by Gasteiger charge is 2.72. The number of alkyl carbamates (subject to hydrolysis) is 1. The third-order valence-corrected chi connectivity index (χ3v) is 7.55. The lowest BCUT2D eigenvalue weighted by molar-refractivity contribution is -0.384. The minimum absolute atomic E-state index is 0.000908. The molecule has 2 saturated heterocycles. The molecule has 0 bridgehead atoms. The quantitative estimate of drug-likeness (QED) is 0.0806. The lowest BCUT2D eigenvalue weighted by Gasteiger charge is -2.42. The van der Waals surface area contributed by atoms with Crippen LogP contribution < -0.4 is 10.1 Å². The van der Waals surface area contributed by atoms with E-state index in [2.05, 4.69) is 32.2 Å². The zero-order chi connectivity index (χ0) is 28.2. The molecule has 214 valence electrons. The molecule has 3 fully saturated rings. The summed E-state index contributed by atoms with van der Waals surface area (Å²) in [6, 6.07) is 5.05. The molecule has 1 spiro atoms. The van der Waals surface area contributed by atoms with Gasteiger partial charge < -0.3 is 33.7 Å². The van der Waals surface area contributed by atoms with Crippen molar-refractivity contribution in [3.8, 4) is 5.75 Å². The number of ether oxygens (including phenoxy) is 6. The summed E-state index contributed by atoms with van der Waals surface area (Å²) in [4.78, 5) is 34.5. The van der Waals surface area contributed by atoms with Crippen LogP contribution in [0, 0.1) is 16.0 Å². The second-order valence-corrected chi connectivity index (χ2v) is 10.6. The predicted molar refractivity (Wildman–Crippen MR) is 137 cm³/mol. The maximum atomic E-state index is 12.5. The molecule has 1 aliphatic carbocycles. The average Bonchev–Trinajstić information content (AvgIpc) is 3.80. The predicted octanol–water partition coefficient (Wildman–Crippen LogP) is 4.30. The molecule has 1 N–H and O–H groups in total. The van der Waals surface area contributed by atoms with E-state index in [1.165, 1.54) is 29.8 Å². The van der Waals surface area contributed by atoms with Gasteiger partial charge in [-0.05, 0) is 58.6 Å². The highest BCUT2D eigenvalue weighted by Crippen LogP contribution is 2.59. The maximum absolute atomic E-state index is 12.5. The molecular formula is C27H36N2O10. The standard InChI is InChI=1S/C27H36N2O10/c1-17(2)6-11-21-26(3,39-21)23-22(34-4)20(12-13-27(23)16-36-27)38-24(30)28-14-5-15-35-25(31)37-19-9-7-18(8-10-19)29(32)33/h6-10,20-23H,5,11-16H2,1-4H3,(H,28,30). The van der Waals surface area contributed by atoms with Crippen LogP contribution in [0.25, 0.3) is 0 Å². The van der Waals surface area contributed by atoms with Gasteiger partial charge in [-0.3, -0.25) is 10.1 Å². The molecule has 12 heteroatoms. The number of nitrogens with zero attached hydrogens (tertiary/aromatic N) is 1. The lowest BCUT2D eigenvalue weighted by atomic mass is 9.68. The van der Waals surface area contributed by atoms with Crippen molar-refractivity contribution in [3.05, 3.63) is 46.0 Å². The van der Waals surface area contributed by atoms with Crippen LogP contribution >= 0.6 is 0 Å². The SMILES string of the molecule is COC1C(OC(=O)NCCCOC(=O)Oc2ccc([N+](=O)[O-])cc2)CCC2(CO2)C1C1(C)OC1CC=C(C)C. The van der Waals surface area contributed by atoms with Gasteiger partial charge in [0.1, 0.15) is 29.2 Å². The largest absolute Gasteiger partial charge is 0.513 e. The fraction of sp³-hybridized carbons (Fsp3) is 0.630. The Kier molecular flexibility index (Phi) is 8.77. The minimum atomic E-state index is -0.947. The first-order valence-corrected chi connectivity index (χ1v) is 13.1. The number of rotatable bonds is 11. The summed E-state index contributed by atoms with van der Waals surface area (Å²) in [5.74, 6) is 0.0603. The molecule has 2 aliphatic heterocycles. The van der Waals surface area contributed by atoms with Gasteiger partial charge in [0.2, 0.25) is 0 Å². The van der Waals surface area contributed by atoms with Gasteiger partial charge in [0, 0.05) is 25.8 Å². The molecule has 12 nitrogen and oxygen atoms in total. The third kappa shape index (κ3) is 6.87. The first-order chi connectivity index (χ1) is 18.6. The number of amides is 1.